The molecule has 0 aliphatic heterocycles. The van der Waals surface area contributed by atoms with Crippen LogP contribution >= 0.6 is 0 Å². The number of hydrogen-bond acceptors (Lipinski definition) is 5. The van der Waals surface area contributed by atoms with Crippen molar-refractivity contribution >= 4 is 5.69 Å². The zero-order valence-electron chi connectivity index (χ0n) is 12.4. The number of ether oxygens (including phenoxy) is 4. The molecule has 0 spiro atoms. The van der Waals surface area contributed by atoms with Crippen molar-refractivity contribution in [2.24, 2.45) is 0 Å². The molecule has 1 rings (SSSR count). The van der Waals surface area contributed by atoms with Gasteiger partial charge in [0.05, 0.1) is 39.6 Å². The second-order valence-corrected chi connectivity index (χ2v) is 4.23. The zero-order chi connectivity index (χ0) is 14.5. The molecule has 1 aromatic carbocycles. The Morgan fingerprint density at radius 2 is 1.55 bits per heavy atom. The smallest absolute Gasteiger partial charge is 0.0733 e. The summed E-state index contributed by atoms with van der Waals surface area (Å²) in [6.07, 6.45) is 0. The molecule has 0 aliphatic rings. The van der Waals surface area contributed by atoms with Crippen LogP contribution in [0.4, 0.5) is 5.69 Å². The Kier molecular flexibility index (Phi) is 9.87. The van der Waals surface area contributed by atoms with Crippen molar-refractivity contribution in [3.63, 3.8) is 0 Å². The van der Waals surface area contributed by atoms with Crippen LogP contribution in [0.25, 0.3) is 0 Å². The second-order valence-electron chi connectivity index (χ2n) is 4.23. The summed E-state index contributed by atoms with van der Waals surface area (Å²) in [6.45, 7) is 4.46. The van der Waals surface area contributed by atoms with Gasteiger partial charge in [0, 0.05) is 32.0 Å². The maximum atomic E-state index is 5.48. The lowest BCUT2D eigenvalue weighted by atomic mass is 10.2. The molecule has 1 aromatic rings. The molecule has 20 heavy (non-hydrogen) atoms. The van der Waals surface area contributed by atoms with Gasteiger partial charge in [-0.25, -0.2) is 0 Å². The van der Waals surface area contributed by atoms with Crippen LogP contribution in [0.5, 0.6) is 0 Å². The van der Waals surface area contributed by atoms with Gasteiger partial charge in [-0.15, -0.1) is 0 Å². The maximum absolute atomic E-state index is 5.48. The highest BCUT2D eigenvalue weighted by Crippen LogP contribution is 2.15. The number of rotatable bonds is 12. The molecule has 1 N–H and O–H groups in total. The number of nitrogens with one attached hydrogen (secondary N) is 1. The van der Waals surface area contributed by atoms with Crippen molar-refractivity contribution in [3.8, 4) is 0 Å². The molecule has 0 fully saturated rings. The molecule has 114 valence electrons. The Morgan fingerprint density at radius 1 is 0.850 bits per heavy atom. The van der Waals surface area contributed by atoms with Gasteiger partial charge in [0.15, 0.2) is 0 Å². The fraction of sp³-hybridized carbons (Fsp3) is 0.600. The average molecular weight is 283 g/mol. The van der Waals surface area contributed by atoms with Gasteiger partial charge in [-0.3, -0.25) is 0 Å². The summed E-state index contributed by atoms with van der Waals surface area (Å²) in [4.78, 5) is 0. The van der Waals surface area contributed by atoms with Gasteiger partial charge in [0.1, 0.15) is 0 Å². The van der Waals surface area contributed by atoms with Crippen molar-refractivity contribution in [3.05, 3.63) is 29.8 Å². The van der Waals surface area contributed by atoms with E-state index >= 15 is 0 Å². The summed E-state index contributed by atoms with van der Waals surface area (Å²) in [5, 5.41) is 3.34. The lowest BCUT2D eigenvalue weighted by molar-refractivity contribution is 0.0272. The first-order valence-corrected chi connectivity index (χ1v) is 6.83. The van der Waals surface area contributed by atoms with Gasteiger partial charge in [0.25, 0.3) is 0 Å². The molecule has 0 atom stereocenters. The number of benzene rings is 1. The van der Waals surface area contributed by atoms with Crippen LogP contribution in [-0.4, -0.2) is 53.8 Å². The number of anilines is 1. The van der Waals surface area contributed by atoms with Crippen LogP contribution in [0, 0.1) is 0 Å². The standard InChI is InChI=1S/C15H25NO4/c1-17-9-10-20-12-11-19-8-7-16-15-6-4-3-5-14(15)13-18-2/h3-6,16H,7-13H2,1-2H3. The quantitative estimate of drug-likeness (QED) is 0.594. The topological polar surface area (TPSA) is 49.0 Å². The van der Waals surface area contributed by atoms with Crippen LogP contribution in [-0.2, 0) is 25.6 Å². The van der Waals surface area contributed by atoms with Gasteiger partial charge < -0.3 is 24.3 Å². The first-order chi connectivity index (χ1) is 9.88. The Morgan fingerprint density at radius 3 is 2.30 bits per heavy atom. The highest BCUT2D eigenvalue weighted by Gasteiger charge is 2.00. The summed E-state index contributed by atoms with van der Waals surface area (Å²) in [6, 6.07) is 8.11. The Labute approximate surface area is 121 Å². The summed E-state index contributed by atoms with van der Waals surface area (Å²) in [5.41, 5.74) is 2.24. The second kappa shape index (κ2) is 11.7. The Bertz CT molecular complexity index is 346. The van der Waals surface area contributed by atoms with E-state index in [-0.39, 0.29) is 0 Å². The molecule has 0 saturated carbocycles. The molecule has 0 unspecified atom stereocenters. The summed E-state index contributed by atoms with van der Waals surface area (Å²) >= 11 is 0. The minimum atomic E-state index is 0.601. The highest BCUT2D eigenvalue weighted by molar-refractivity contribution is 5.50. The van der Waals surface area contributed by atoms with E-state index in [9.17, 15) is 0 Å². The molecule has 5 nitrogen and oxygen atoms in total. The zero-order valence-corrected chi connectivity index (χ0v) is 12.4. The first kappa shape index (κ1) is 16.9. The average Bonchev–Trinajstić information content (AvgIpc) is 2.47. The van der Waals surface area contributed by atoms with Crippen molar-refractivity contribution in [2.45, 2.75) is 6.61 Å². The van der Waals surface area contributed by atoms with E-state index in [1.807, 2.05) is 18.2 Å². The third-order valence-corrected chi connectivity index (χ3v) is 2.68. The highest BCUT2D eigenvalue weighted by atomic mass is 16.5. The van der Waals surface area contributed by atoms with E-state index in [1.165, 1.54) is 0 Å². The summed E-state index contributed by atoms with van der Waals surface area (Å²) < 4.78 is 20.8. The van der Waals surface area contributed by atoms with Crippen LogP contribution in [0.1, 0.15) is 5.56 Å². The lowest BCUT2D eigenvalue weighted by Gasteiger charge is -2.11. The predicted octanol–water partition coefficient (Wildman–Crippen LogP) is 1.92. The number of methoxy groups -OCH3 is 2. The van der Waals surface area contributed by atoms with Gasteiger partial charge in [-0.1, -0.05) is 18.2 Å². The third kappa shape index (κ3) is 7.45. The molecule has 0 amide bonds. The fourth-order valence-corrected chi connectivity index (χ4v) is 1.70. The van der Waals surface area contributed by atoms with Crippen LogP contribution in [0.2, 0.25) is 0 Å². The molecular weight excluding hydrogens is 258 g/mol. The molecule has 5 heteroatoms. The third-order valence-electron chi connectivity index (χ3n) is 2.68. The largest absolute Gasteiger partial charge is 0.382 e. The van der Waals surface area contributed by atoms with Crippen molar-refractivity contribution in [1.82, 2.24) is 0 Å². The van der Waals surface area contributed by atoms with E-state index in [4.69, 9.17) is 18.9 Å². The normalized spacial score (nSPS) is 10.7. The van der Waals surface area contributed by atoms with Crippen LogP contribution in [0.15, 0.2) is 24.3 Å². The predicted molar refractivity (Wildman–Crippen MR) is 79.2 cm³/mol. The summed E-state index contributed by atoms with van der Waals surface area (Å²) in [7, 11) is 3.36. The van der Waals surface area contributed by atoms with E-state index in [0.717, 1.165) is 17.8 Å². The van der Waals surface area contributed by atoms with Crippen molar-refractivity contribution < 1.29 is 18.9 Å². The SMILES string of the molecule is COCCOCCOCCNc1ccccc1COC. The Hall–Kier alpha value is -1.14. The summed E-state index contributed by atoms with van der Waals surface area (Å²) in [5.74, 6) is 0. The maximum Gasteiger partial charge on any atom is 0.0733 e. The minimum absolute atomic E-state index is 0.601. The molecular formula is C15H25NO4. The Balaban J connectivity index is 2.06. The minimum Gasteiger partial charge on any atom is -0.382 e. The van der Waals surface area contributed by atoms with Crippen molar-refractivity contribution in [1.29, 1.82) is 0 Å². The first-order valence-electron chi connectivity index (χ1n) is 6.83. The molecule has 0 bridgehead atoms. The molecule has 0 aliphatic carbocycles. The van der Waals surface area contributed by atoms with E-state index in [2.05, 4.69) is 11.4 Å². The van der Waals surface area contributed by atoms with E-state index in [1.54, 1.807) is 14.2 Å². The molecule has 0 aromatic heterocycles. The van der Waals surface area contributed by atoms with Crippen molar-refractivity contribution in [2.75, 3.05) is 59.1 Å². The van der Waals surface area contributed by atoms with Crippen LogP contribution < -0.4 is 5.32 Å². The van der Waals surface area contributed by atoms with Gasteiger partial charge in [-0.2, -0.15) is 0 Å². The van der Waals surface area contributed by atoms with Gasteiger partial charge >= 0.3 is 0 Å². The van der Waals surface area contributed by atoms with E-state index in [0.29, 0.717) is 39.6 Å². The molecule has 0 saturated heterocycles. The molecule has 0 radical (unpaired) electrons. The number of para-hydroxylation sites is 1. The number of hydrogen-bond donors (Lipinski definition) is 1. The van der Waals surface area contributed by atoms with Gasteiger partial charge in [-0.05, 0) is 6.07 Å². The van der Waals surface area contributed by atoms with Crippen LogP contribution in [0.3, 0.4) is 0 Å². The lowest BCUT2D eigenvalue weighted by Crippen LogP contribution is -2.14. The van der Waals surface area contributed by atoms with E-state index < -0.39 is 0 Å². The van der Waals surface area contributed by atoms with Gasteiger partial charge in [0.2, 0.25) is 0 Å². The molecule has 0 heterocycles. The monoisotopic (exact) mass is 283 g/mol. The fourth-order valence-electron chi connectivity index (χ4n) is 1.70.